The molecule has 0 bridgehead atoms. The number of aromatic hydroxyl groups is 1. The smallest absolute Gasteiger partial charge is 0.172 e. The summed E-state index contributed by atoms with van der Waals surface area (Å²) < 4.78 is 11.7. The summed E-state index contributed by atoms with van der Waals surface area (Å²) in [5, 5.41) is 23.3. The summed E-state index contributed by atoms with van der Waals surface area (Å²) in [4.78, 5) is 0. The van der Waals surface area contributed by atoms with Crippen LogP contribution < -0.4 is 10.1 Å². The number of nitrogens with zero attached hydrogens (tertiary/aromatic N) is 2. The van der Waals surface area contributed by atoms with E-state index in [-0.39, 0.29) is 5.75 Å². The van der Waals surface area contributed by atoms with E-state index < -0.39 is 0 Å². The number of piperidine rings is 1. The first-order valence-electron chi connectivity index (χ1n) is 11.4. The van der Waals surface area contributed by atoms with Gasteiger partial charge in [-0.3, -0.25) is 0 Å². The molecule has 0 amide bonds. The van der Waals surface area contributed by atoms with Crippen molar-refractivity contribution in [3.8, 4) is 23.3 Å². The molecule has 168 valence electrons. The van der Waals surface area contributed by atoms with Gasteiger partial charge in [-0.25, -0.2) is 0 Å². The Balaban J connectivity index is 1.48. The van der Waals surface area contributed by atoms with Gasteiger partial charge in [-0.2, -0.15) is 0 Å². The fourth-order valence-electron chi connectivity index (χ4n) is 4.58. The normalized spacial score (nSPS) is 17.7. The van der Waals surface area contributed by atoms with Crippen LogP contribution in [0.1, 0.15) is 43.1 Å². The predicted octanol–water partition coefficient (Wildman–Crippen LogP) is 6.12. The fraction of sp³-hybridized carbons (Fsp3) is 0.333. The lowest BCUT2D eigenvalue weighted by atomic mass is 9.84. The van der Waals surface area contributed by atoms with Crippen LogP contribution in [0, 0.1) is 23.7 Å². The second kappa shape index (κ2) is 9.13. The monoisotopic (exact) mass is 441 g/mol. The number of nitrogens with one attached hydrogen (secondary N) is 1. The molecule has 1 atom stereocenters. The van der Waals surface area contributed by atoms with Gasteiger partial charge in [0.2, 0.25) is 0 Å². The van der Waals surface area contributed by atoms with E-state index in [4.69, 9.17) is 9.15 Å². The number of azo groups is 1. The SMILES string of the molecule is COc1ccc2c(O)c(C=C3N=Nc4ccccc43)oc2c1C#CC[C@H](C)C1CCNCC1. The first kappa shape index (κ1) is 21.3. The van der Waals surface area contributed by atoms with E-state index in [0.717, 1.165) is 30.8 Å². The summed E-state index contributed by atoms with van der Waals surface area (Å²) in [5.74, 6) is 8.86. The van der Waals surface area contributed by atoms with E-state index >= 15 is 0 Å². The molecule has 6 heteroatoms. The van der Waals surface area contributed by atoms with Crippen LogP contribution in [0.25, 0.3) is 22.7 Å². The Morgan fingerprint density at radius 2 is 2.03 bits per heavy atom. The molecule has 3 aromatic rings. The molecule has 1 saturated heterocycles. The van der Waals surface area contributed by atoms with Gasteiger partial charge in [-0.15, -0.1) is 10.2 Å². The Morgan fingerprint density at radius 3 is 2.85 bits per heavy atom. The van der Waals surface area contributed by atoms with Gasteiger partial charge in [-0.05, 0) is 56.0 Å². The average molecular weight is 442 g/mol. The Labute approximate surface area is 193 Å². The summed E-state index contributed by atoms with van der Waals surface area (Å²) >= 11 is 0. The highest BCUT2D eigenvalue weighted by Gasteiger charge is 2.21. The number of rotatable bonds is 4. The molecular formula is C27H27N3O3. The van der Waals surface area contributed by atoms with Crippen LogP contribution in [0.3, 0.4) is 0 Å². The van der Waals surface area contributed by atoms with E-state index in [9.17, 15) is 5.11 Å². The highest BCUT2D eigenvalue weighted by atomic mass is 16.5. The van der Waals surface area contributed by atoms with Gasteiger partial charge in [0, 0.05) is 18.1 Å². The molecule has 3 heterocycles. The van der Waals surface area contributed by atoms with Crippen LogP contribution in [0.4, 0.5) is 5.69 Å². The molecule has 0 saturated carbocycles. The van der Waals surface area contributed by atoms with Crippen molar-refractivity contribution in [2.75, 3.05) is 20.2 Å². The van der Waals surface area contributed by atoms with Crippen LogP contribution in [0.15, 0.2) is 51.0 Å². The molecule has 33 heavy (non-hydrogen) atoms. The van der Waals surface area contributed by atoms with Crippen molar-refractivity contribution in [2.24, 2.45) is 22.1 Å². The molecule has 6 nitrogen and oxygen atoms in total. The number of hydrogen-bond acceptors (Lipinski definition) is 6. The van der Waals surface area contributed by atoms with Crippen molar-refractivity contribution in [1.29, 1.82) is 0 Å². The quantitative estimate of drug-likeness (QED) is 0.478. The van der Waals surface area contributed by atoms with Crippen molar-refractivity contribution in [3.63, 3.8) is 0 Å². The van der Waals surface area contributed by atoms with Crippen LogP contribution in [0.2, 0.25) is 0 Å². The van der Waals surface area contributed by atoms with Crippen molar-refractivity contribution >= 4 is 28.4 Å². The molecule has 5 rings (SSSR count). The second-order valence-corrected chi connectivity index (χ2v) is 8.65. The van der Waals surface area contributed by atoms with Gasteiger partial charge in [0.25, 0.3) is 0 Å². The number of fused-ring (bicyclic) bond motifs is 2. The molecule has 0 radical (unpaired) electrons. The Kier molecular flexibility index (Phi) is 5.89. The minimum absolute atomic E-state index is 0.0610. The summed E-state index contributed by atoms with van der Waals surface area (Å²) in [7, 11) is 1.62. The number of methoxy groups -OCH3 is 1. The van der Waals surface area contributed by atoms with Gasteiger partial charge in [0.05, 0.1) is 23.9 Å². The van der Waals surface area contributed by atoms with Crippen LogP contribution in [-0.4, -0.2) is 25.3 Å². The summed E-state index contributed by atoms with van der Waals surface area (Å²) in [6.45, 7) is 4.45. The van der Waals surface area contributed by atoms with Gasteiger partial charge in [-0.1, -0.05) is 37.0 Å². The van der Waals surface area contributed by atoms with E-state index in [1.54, 1.807) is 19.3 Å². The molecule has 2 aromatic carbocycles. The predicted molar refractivity (Wildman–Crippen MR) is 130 cm³/mol. The Hall–Kier alpha value is -3.56. The summed E-state index contributed by atoms with van der Waals surface area (Å²) in [6.07, 6.45) is 4.93. The molecular weight excluding hydrogens is 414 g/mol. The Bertz CT molecular complexity index is 1300. The van der Waals surface area contributed by atoms with Gasteiger partial charge < -0.3 is 19.6 Å². The maximum atomic E-state index is 10.9. The van der Waals surface area contributed by atoms with Crippen LogP contribution in [0.5, 0.6) is 11.5 Å². The van der Waals surface area contributed by atoms with Gasteiger partial charge in [0.1, 0.15) is 11.3 Å². The van der Waals surface area contributed by atoms with Gasteiger partial charge >= 0.3 is 0 Å². The third kappa shape index (κ3) is 4.12. The van der Waals surface area contributed by atoms with E-state index in [1.165, 1.54) is 12.8 Å². The van der Waals surface area contributed by atoms with Crippen molar-refractivity contribution in [2.45, 2.75) is 26.2 Å². The Morgan fingerprint density at radius 1 is 1.21 bits per heavy atom. The van der Waals surface area contributed by atoms with Crippen LogP contribution >= 0.6 is 0 Å². The zero-order chi connectivity index (χ0) is 22.8. The minimum Gasteiger partial charge on any atom is -0.504 e. The van der Waals surface area contributed by atoms with Crippen molar-refractivity contribution in [3.05, 3.63) is 53.3 Å². The fourth-order valence-corrected chi connectivity index (χ4v) is 4.58. The largest absolute Gasteiger partial charge is 0.504 e. The topological polar surface area (TPSA) is 79.3 Å². The average Bonchev–Trinajstić information content (AvgIpc) is 3.41. The number of benzene rings is 2. The lowest BCUT2D eigenvalue weighted by Gasteiger charge is -2.27. The number of hydrogen-bond donors (Lipinski definition) is 2. The number of ether oxygens (including phenoxy) is 1. The molecule has 0 spiro atoms. The molecule has 2 N–H and O–H groups in total. The first-order chi connectivity index (χ1) is 16.2. The highest BCUT2D eigenvalue weighted by Crippen LogP contribution is 2.41. The third-order valence-electron chi connectivity index (χ3n) is 6.58. The third-order valence-corrected chi connectivity index (χ3v) is 6.58. The summed E-state index contributed by atoms with van der Waals surface area (Å²) in [6, 6.07) is 11.3. The lowest BCUT2D eigenvalue weighted by molar-refractivity contribution is 0.279. The van der Waals surface area contributed by atoms with Gasteiger partial charge in [0.15, 0.2) is 17.1 Å². The second-order valence-electron chi connectivity index (χ2n) is 8.65. The lowest BCUT2D eigenvalue weighted by Crippen LogP contribution is -2.30. The van der Waals surface area contributed by atoms with E-state index in [1.807, 2.05) is 30.3 Å². The highest BCUT2D eigenvalue weighted by molar-refractivity contribution is 5.96. The first-order valence-corrected chi connectivity index (χ1v) is 11.4. The molecule has 1 aromatic heterocycles. The molecule has 2 aliphatic rings. The van der Waals surface area contributed by atoms with Crippen molar-refractivity contribution < 1.29 is 14.3 Å². The zero-order valence-corrected chi connectivity index (χ0v) is 18.9. The maximum absolute atomic E-state index is 10.9. The summed E-state index contributed by atoms with van der Waals surface area (Å²) in [5.41, 5.74) is 3.53. The van der Waals surface area contributed by atoms with E-state index in [2.05, 4.69) is 34.3 Å². The van der Waals surface area contributed by atoms with Crippen molar-refractivity contribution in [1.82, 2.24) is 5.32 Å². The maximum Gasteiger partial charge on any atom is 0.172 e. The molecule has 2 aliphatic heterocycles. The molecule has 1 fully saturated rings. The number of furan rings is 1. The minimum atomic E-state index is 0.0610. The standard InChI is InChI=1S/C27H27N3O3/c1-17(18-12-14-28-15-13-18)6-5-8-20-24(32-2)11-10-21-26(31)25(33-27(20)21)16-23-19-7-3-4-9-22(19)29-30-23/h3-4,7,9-11,16-18,28,31H,6,12-15H2,1-2H3/t17-/m0/s1. The zero-order valence-electron chi connectivity index (χ0n) is 18.9. The molecule has 0 unspecified atom stereocenters. The van der Waals surface area contributed by atoms with Crippen LogP contribution in [-0.2, 0) is 0 Å². The molecule has 0 aliphatic carbocycles. The van der Waals surface area contributed by atoms with E-state index in [0.29, 0.717) is 45.6 Å².